The van der Waals surface area contributed by atoms with Crippen LogP contribution >= 0.6 is 11.3 Å². The first kappa shape index (κ1) is 10.7. The average molecular weight is 219 g/mol. The lowest BCUT2D eigenvalue weighted by molar-refractivity contribution is 0.554. The summed E-state index contributed by atoms with van der Waals surface area (Å²) in [6.07, 6.45) is 0. The highest BCUT2D eigenvalue weighted by atomic mass is 32.1. The van der Waals surface area contributed by atoms with Crippen LogP contribution in [-0.2, 0) is 6.54 Å². The van der Waals surface area contributed by atoms with Crippen LogP contribution in [0, 0.1) is 5.92 Å². The first-order chi connectivity index (χ1) is 7.27. The van der Waals surface area contributed by atoms with E-state index in [1.165, 1.54) is 15.6 Å². The molecule has 1 heterocycles. The van der Waals surface area contributed by atoms with Crippen molar-refractivity contribution in [3.8, 4) is 0 Å². The van der Waals surface area contributed by atoms with Crippen LogP contribution in [0.4, 0.5) is 0 Å². The molecule has 1 aromatic heterocycles. The van der Waals surface area contributed by atoms with Crippen molar-refractivity contribution >= 4 is 21.4 Å². The Bertz CT molecular complexity index is 431. The molecular formula is C13H17NS. The van der Waals surface area contributed by atoms with Crippen LogP contribution in [0.2, 0.25) is 0 Å². The molecule has 0 unspecified atom stereocenters. The molecule has 15 heavy (non-hydrogen) atoms. The Morgan fingerprint density at radius 3 is 2.87 bits per heavy atom. The monoisotopic (exact) mass is 219 g/mol. The molecule has 2 rings (SSSR count). The van der Waals surface area contributed by atoms with Gasteiger partial charge < -0.3 is 5.32 Å². The molecule has 0 saturated carbocycles. The van der Waals surface area contributed by atoms with Crippen molar-refractivity contribution in [3.05, 3.63) is 35.2 Å². The second-order valence-corrected chi connectivity index (χ2v) is 5.19. The Kier molecular flexibility index (Phi) is 3.39. The van der Waals surface area contributed by atoms with Crippen molar-refractivity contribution in [3.63, 3.8) is 0 Å². The van der Waals surface area contributed by atoms with E-state index in [1.807, 2.05) is 11.3 Å². The summed E-state index contributed by atoms with van der Waals surface area (Å²) in [5, 5.41) is 7.15. The van der Waals surface area contributed by atoms with Crippen LogP contribution < -0.4 is 5.32 Å². The Labute approximate surface area is 95.1 Å². The standard InChI is InChI=1S/C13H17NS/c1-10(2)7-14-8-11-9-15-13-6-4-3-5-12(11)13/h3-6,9-10,14H,7-8H2,1-2H3. The molecular weight excluding hydrogens is 202 g/mol. The Morgan fingerprint density at radius 2 is 2.07 bits per heavy atom. The molecule has 0 aliphatic heterocycles. The molecule has 1 aromatic carbocycles. The summed E-state index contributed by atoms with van der Waals surface area (Å²) in [5.74, 6) is 0.717. The van der Waals surface area contributed by atoms with Crippen LogP contribution in [0.3, 0.4) is 0 Å². The second kappa shape index (κ2) is 4.77. The van der Waals surface area contributed by atoms with Crippen LogP contribution in [0.1, 0.15) is 19.4 Å². The molecule has 0 bridgehead atoms. The quantitative estimate of drug-likeness (QED) is 0.827. The van der Waals surface area contributed by atoms with Gasteiger partial charge in [0.1, 0.15) is 0 Å². The number of rotatable bonds is 4. The first-order valence-electron chi connectivity index (χ1n) is 5.43. The fraction of sp³-hybridized carbons (Fsp3) is 0.385. The first-order valence-corrected chi connectivity index (χ1v) is 6.31. The Hall–Kier alpha value is -0.860. The molecule has 80 valence electrons. The fourth-order valence-corrected chi connectivity index (χ4v) is 2.63. The summed E-state index contributed by atoms with van der Waals surface area (Å²) in [5.41, 5.74) is 1.43. The molecule has 1 nitrogen and oxygen atoms in total. The van der Waals surface area contributed by atoms with E-state index in [1.54, 1.807) is 0 Å². The van der Waals surface area contributed by atoms with Crippen LogP contribution in [0.15, 0.2) is 29.6 Å². The van der Waals surface area contributed by atoms with Gasteiger partial charge in [0.15, 0.2) is 0 Å². The smallest absolute Gasteiger partial charge is 0.0346 e. The second-order valence-electron chi connectivity index (χ2n) is 4.28. The highest BCUT2D eigenvalue weighted by Gasteiger charge is 2.02. The molecule has 0 saturated heterocycles. The lowest BCUT2D eigenvalue weighted by Gasteiger charge is -2.06. The predicted molar refractivity (Wildman–Crippen MR) is 68.4 cm³/mol. The van der Waals surface area contributed by atoms with Gasteiger partial charge >= 0.3 is 0 Å². The average Bonchev–Trinajstić information content (AvgIpc) is 2.62. The zero-order valence-electron chi connectivity index (χ0n) is 9.29. The van der Waals surface area contributed by atoms with Gasteiger partial charge in [0.25, 0.3) is 0 Å². The van der Waals surface area contributed by atoms with Gasteiger partial charge in [0.05, 0.1) is 0 Å². The zero-order valence-corrected chi connectivity index (χ0v) is 10.1. The largest absolute Gasteiger partial charge is 0.312 e. The van der Waals surface area contributed by atoms with Crippen molar-refractivity contribution < 1.29 is 0 Å². The lowest BCUT2D eigenvalue weighted by Crippen LogP contribution is -2.18. The molecule has 2 heteroatoms. The molecule has 2 aromatic rings. The van der Waals surface area contributed by atoms with Crippen LogP contribution in [0.25, 0.3) is 10.1 Å². The van der Waals surface area contributed by atoms with Crippen molar-refractivity contribution in [2.75, 3.05) is 6.54 Å². The minimum atomic E-state index is 0.717. The van der Waals surface area contributed by atoms with Crippen LogP contribution in [0.5, 0.6) is 0 Å². The highest BCUT2D eigenvalue weighted by Crippen LogP contribution is 2.25. The maximum Gasteiger partial charge on any atom is 0.0346 e. The third kappa shape index (κ3) is 2.58. The number of benzene rings is 1. The van der Waals surface area contributed by atoms with Gasteiger partial charge in [-0.1, -0.05) is 32.0 Å². The predicted octanol–water partition coefficient (Wildman–Crippen LogP) is 3.65. The minimum absolute atomic E-state index is 0.717. The van der Waals surface area contributed by atoms with E-state index < -0.39 is 0 Å². The van der Waals surface area contributed by atoms with E-state index in [0.717, 1.165) is 19.0 Å². The molecule has 0 atom stereocenters. The normalized spacial score (nSPS) is 11.4. The number of fused-ring (bicyclic) bond motifs is 1. The summed E-state index contributed by atoms with van der Waals surface area (Å²) in [7, 11) is 0. The Morgan fingerprint density at radius 1 is 1.27 bits per heavy atom. The summed E-state index contributed by atoms with van der Waals surface area (Å²) >= 11 is 1.83. The maximum atomic E-state index is 3.49. The minimum Gasteiger partial charge on any atom is -0.312 e. The number of hydrogen-bond acceptors (Lipinski definition) is 2. The summed E-state index contributed by atoms with van der Waals surface area (Å²) in [4.78, 5) is 0. The summed E-state index contributed by atoms with van der Waals surface area (Å²) in [6, 6.07) is 8.61. The van der Waals surface area contributed by atoms with Gasteiger partial charge in [-0.2, -0.15) is 0 Å². The van der Waals surface area contributed by atoms with Crippen molar-refractivity contribution in [1.82, 2.24) is 5.32 Å². The number of thiophene rings is 1. The SMILES string of the molecule is CC(C)CNCc1csc2ccccc12. The van der Waals surface area contributed by atoms with E-state index in [0.29, 0.717) is 0 Å². The molecule has 1 N–H and O–H groups in total. The van der Waals surface area contributed by atoms with E-state index in [9.17, 15) is 0 Å². The van der Waals surface area contributed by atoms with Gasteiger partial charge in [-0.05, 0) is 34.9 Å². The number of nitrogens with one attached hydrogen (secondary N) is 1. The topological polar surface area (TPSA) is 12.0 Å². The maximum absolute atomic E-state index is 3.49. The molecule has 0 radical (unpaired) electrons. The summed E-state index contributed by atoms with van der Waals surface area (Å²) < 4.78 is 1.39. The van der Waals surface area contributed by atoms with E-state index in [-0.39, 0.29) is 0 Å². The molecule has 0 spiro atoms. The fourth-order valence-electron chi connectivity index (χ4n) is 1.67. The van der Waals surface area contributed by atoms with Crippen molar-refractivity contribution in [2.24, 2.45) is 5.92 Å². The van der Waals surface area contributed by atoms with Crippen molar-refractivity contribution in [1.29, 1.82) is 0 Å². The molecule has 0 amide bonds. The molecule has 0 fully saturated rings. The van der Waals surface area contributed by atoms with E-state index >= 15 is 0 Å². The summed E-state index contributed by atoms with van der Waals surface area (Å²) in [6.45, 7) is 6.55. The zero-order chi connectivity index (χ0) is 10.7. The molecule has 0 aliphatic carbocycles. The van der Waals surface area contributed by atoms with Gasteiger partial charge in [0, 0.05) is 11.2 Å². The Balaban J connectivity index is 2.08. The highest BCUT2D eigenvalue weighted by molar-refractivity contribution is 7.17. The third-order valence-corrected chi connectivity index (χ3v) is 3.44. The van der Waals surface area contributed by atoms with Gasteiger partial charge in [-0.3, -0.25) is 0 Å². The van der Waals surface area contributed by atoms with E-state index in [2.05, 4.69) is 48.8 Å². The third-order valence-electron chi connectivity index (χ3n) is 2.43. The molecule has 0 aliphatic rings. The van der Waals surface area contributed by atoms with Gasteiger partial charge in [-0.25, -0.2) is 0 Å². The van der Waals surface area contributed by atoms with E-state index in [4.69, 9.17) is 0 Å². The lowest BCUT2D eigenvalue weighted by atomic mass is 10.1. The number of hydrogen-bond donors (Lipinski definition) is 1. The van der Waals surface area contributed by atoms with Crippen LogP contribution in [-0.4, -0.2) is 6.54 Å². The van der Waals surface area contributed by atoms with Gasteiger partial charge in [0.2, 0.25) is 0 Å². The van der Waals surface area contributed by atoms with Gasteiger partial charge in [-0.15, -0.1) is 11.3 Å². The van der Waals surface area contributed by atoms with Crippen molar-refractivity contribution in [2.45, 2.75) is 20.4 Å².